The lowest BCUT2D eigenvalue weighted by Crippen LogP contribution is -2.65. The molecule has 2 saturated heterocycles. The zero-order valence-electron chi connectivity index (χ0n) is 16.9. The van der Waals surface area contributed by atoms with E-state index in [4.69, 9.17) is 19.4 Å². The summed E-state index contributed by atoms with van der Waals surface area (Å²) in [5.41, 5.74) is 1.13. The first-order valence-electron chi connectivity index (χ1n) is 9.38. The number of aliphatic carboxylic acids is 1. The molecule has 1 spiro atoms. The molecule has 1 amide bonds. The zero-order chi connectivity index (χ0) is 22.4. The zero-order valence-corrected chi connectivity index (χ0v) is 16.9. The average molecular weight is 433 g/mol. The second-order valence-corrected chi connectivity index (χ2v) is 7.55. The van der Waals surface area contributed by atoms with Crippen molar-refractivity contribution in [3.05, 3.63) is 30.1 Å². The minimum Gasteiger partial charge on any atom is -0.475 e. The molecule has 168 valence electrons. The van der Waals surface area contributed by atoms with Crippen LogP contribution < -0.4 is 0 Å². The molecule has 2 fully saturated rings. The van der Waals surface area contributed by atoms with E-state index in [2.05, 4.69) is 16.0 Å². The summed E-state index contributed by atoms with van der Waals surface area (Å²) >= 11 is 0. The van der Waals surface area contributed by atoms with Gasteiger partial charge in [0.05, 0.1) is 11.7 Å². The molecule has 8 nitrogen and oxygen atoms in total. The van der Waals surface area contributed by atoms with Crippen molar-refractivity contribution in [3.8, 4) is 0 Å². The van der Waals surface area contributed by atoms with E-state index in [9.17, 15) is 18.0 Å². The van der Waals surface area contributed by atoms with E-state index < -0.39 is 12.1 Å². The van der Waals surface area contributed by atoms with Gasteiger partial charge in [0, 0.05) is 59.2 Å². The first-order valence-corrected chi connectivity index (χ1v) is 9.38. The SMILES string of the molecule is CN(C)C(=O)COC1CCOC2(C1)CN(Cc1cccnc1)C2.O=C(O)C(F)(F)F. The van der Waals surface area contributed by atoms with E-state index in [1.165, 1.54) is 5.56 Å². The molecule has 0 radical (unpaired) electrons. The number of hydrogen-bond donors (Lipinski definition) is 1. The molecule has 0 aromatic carbocycles. The molecule has 1 atom stereocenters. The molecule has 1 aromatic rings. The van der Waals surface area contributed by atoms with Crippen molar-refractivity contribution in [3.63, 3.8) is 0 Å². The quantitative estimate of drug-likeness (QED) is 0.753. The molecule has 2 aliphatic heterocycles. The van der Waals surface area contributed by atoms with Crippen LogP contribution in [0.15, 0.2) is 24.5 Å². The molecule has 0 aliphatic carbocycles. The van der Waals surface area contributed by atoms with Crippen LogP contribution in [-0.4, -0.2) is 90.0 Å². The number of carboxylic acids is 1. The van der Waals surface area contributed by atoms with Gasteiger partial charge in [0.15, 0.2) is 0 Å². The number of likely N-dealkylation sites (N-methyl/N-ethyl adjacent to an activating group) is 1. The standard InChI is InChI=1S/C17H25N3O3.C2HF3O2/c1-19(2)16(21)11-22-15-5-7-23-17(8-15)12-20(13-17)10-14-4-3-6-18-9-14;3-2(4,5)1(6)7/h3-4,6,9,15H,5,7-8,10-13H2,1-2H3;(H,6,7). The number of rotatable bonds is 5. The molecule has 30 heavy (non-hydrogen) atoms. The van der Waals surface area contributed by atoms with Crippen molar-refractivity contribution in [2.24, 2.45) is 0 Å². The Kier molecular flexibility index (Phi) is 8.16. The molecule has 3 rings (SSSR count). The first kappa shape index (κ1) is 24.0. The molecular weight excluding hydrogens is 407 g/mol. The van der Waals surface area contributed by atoms with Crippen LogP contribution in [0.3, 0.4) is 0 Å². The number of carbonyl (C=O) groups is 2. The molecule has 0 bridgehead atoms. The summed E-state index contributed by atoms with van der Waals surface area (Å²) < 4.78 is 43.5. The number of nitrogens with zero attached hydrogens (tertiary/aromatic N) is 3. The molecule has 2 aliphatic rings. The van der Waals surface area contributed by atoms with Crippen LogP contribution in [0.2, 0.25) is 0 Å². The Morgan fingerprint density at radius 3 is 2.60 bits per heavy atom. The topological polar surface area (TPSA) is 92.2 Å². The predicted octanol–water partition coefficient (Wildman–Crippen LogP) is 1.55. The van der Waals surface area contributed by atoms with Gasteiger partial charge in [0.1, 0.15) is 6.61 Å². The van der Waals surface area contributed by atoms with Gasteiger partial charge in [0.2, 0.25) is 5.91 Å². The van der Waals surface area contributed by atoms with Crippen molar-refractivity contribution in [2.75, 3.05) is 40.4 Å². The number of aromatic nitrogens is 1. The number of hydrogen-bond acceptors (Lipinski definition) is 6. The minimum absolute atomic E-state index is 0.0114. The molecule has 0 saturated carbocycles. The van der Waals surface area contributed by atoms with Gasteiger partial charge in [-0.25, -0.2) is 4.79 Å². The van der Waals surface area contributed by atoms with E-state index in [1.807, 2.05) is 12.3 Å². The second-order valence-electron chi connectivity index (χ2n) is 7.55. The maximum atomic E-state index is 11.6. The van der Waals surface area contributed by atoms with E-state index in [-0.39, 0.29) is 24.2 Å². The Bertz CT molecular complexity index is 709. The van der Waals surface area contributed by atoms with Crippen molar-refractivity contribution >= 4 is 11.9 Å². The summed E-state index contributed by atoms with van der Waals surface area (Å²) in [6.45, 7) is 3.62. The van der Waals surface area contributed by atoms with E-state index in [1.54, 1.807) is 25.2 Å². The number of pyridine rings is 1. The first-order chi connectivity index (χ1) is 14.0. The smallest absolute Gasteiger partial charge is 0.475 e. The third kappa shape index (κ3) is 7.22. The lowest BCUT2D eigenvalue weighted by molar-refractivity contribution is -0.200. The van der Waals surface area contributed by atoms with Crippen molar-refractivity contribution < 1.29 is 37.3 Å². The minimum atomic E-state index is -5.08. The Labute approximate surface area is 172 Å². The predicted molar refractivity (Wildman–Crippen MR) is 99.6 cm³/mol. The van der Waals surface area contributed by atoms with Crippen molar-refractivity contribution in [1.82, 2.24) is 14.8 Å². The van der Waals surface area contributed by atoms with Crippen LogP contribution in [0.4, 0.5) is 13.2 Å². The Morgan fingerprint density at radius 1 is 1.40 bits per heavy atom. The van der Waals surface area contributed by atoms with Gasteiger partial charge >= 0.3 is 12.1 Å². The molecule has 1 N–H and O–H groups in total. The van der Waals surface area contributed by atoms with Crippen LogP contribution in [-0.2, 0) is 25.6 Å². The van der Waals surface area contributed by atoms with Gasteiger partial charge in [-0.1, -0.05) is 6.07 Å². The van der Waals surface area contributed by atoms with Crippen LogP contribution in [0.1, 0.15) is 18.4 Å². The third-order valence-corrected chi connectivity index (χ3v) is 4.78. The largest absolute Gasteiger partial charge is 0.490 e. The Morgan fingerprint density at radius 2 is 2.07 bits per heavy atom. The summed E-state index contributed by atoms with van der Waals surface area (Å²) in [6.07, 6.45) is 0.476. The summed E-state index contributed by atoms with van der Waals surface area (Å²) in [4.78, 5) is 28.6. The molecule has 1 unspecified atom stereocenters. The molecular formula is C19H26F3N3O5. The van der Waals surface area contributed by atoms with E-state index in [0.717, 1.165) is 32.5 Å². The number of halogens is 3. The highest BCUT2D eigenvalue weighted by atomic mass is 19.4. The van der Waals surface area contributed by atoms with E-state index in [0.29, 0.717) is 6.61 Å². The second kappa shape index (κ2) is 10.2. The van der Waals surface area contributed by atoms with Crippen LogP contribution >= 0.6 is 0 Å². The monoisotopic (exact) mass is 433 g/mol. The highest BCUT2D eigenvalue weighted by Crippen LogP contribution is 2.36. The van der Waals surface area contributed by atoms with Crippen LogP contribution in [0.5, 0.6) is 0 Å². The Hall–Kier alpha value is -2.24. The number of amides is 1. The fourth-order valence-electron chi connectivity index (χ4n) is 3.29. The van der Waals surface area contributed by atoms with Gasteiger partial charge in [-0.15, -0.1) is 0 Å². The summed E-state index contributed by atoms with van der Waals surface area (Å²) in [5, 5.41) is 7.12. The van der Waals surface area contributed by atoms with Gasteiger partial charge in [-0.2, -0.15) is 13.2 Å². The van der Waals surface area contributed by atoms with Gasteiger partial charge in [-0.3, -0.25) is 14.7 Å². The number of likely N-dealkylation sites (tertiary alicyclic amines) is 1. The highest BCUT2D eigenvalue weighted by molar-refractivity contribution is 5.76. The van der Waals surface area contributed by atoms with Crippen molar-refractivity contribution in [1.29, 1.82) is 0 Å². The molecule has 11 heteroatoms. The lowest BCUT2D eigenvalue weighted by atomic mass is 9.84. The highest BCUT2D eigenvalue weighted by Gasteiger charge is 2.47. The maximum Gasteiger partial charge on any atom is 0.490 e. The van der Waals surface area contributed by atoms with Crippen LogP contribution in [0, 0.1) is 0 Å². The van der Waals surface area contributed by atoms with Crippen LogP contribution in [0.25, 0.3) is 0 Å². The third-order valence-electron chi connectivity index (χ3n) is 4.78. The molecule has 3 heterocycles. The summed E-state index contributed by atoms with van der Waals surface area (Å²) in [6, 6.07) is 4.06. The summed E-state index contributed by atoms with van der Waals surface area (Å²) in [7, 11) is 3.50. The Balaban J connectivity index is 0.000000396. The lowest BCUT2D eigenvalue weighted by Gasteiger charge is -2.53. The van der Waals surface area contributed by atoms with Gasteiger partial charge in [-0.05, 0) is 18.1 Å². The molecule has 1 aromatic heterocycles. The number of carboxylic acid groups (broad SMARTS) is 1. The van der Waals surface area contributed by atoms with E-state index >= 15 is 0 Å². The van der Waals surface area contributed by atoms with Gasteiger partial charge < -0.3 is 19.5 Å². The van der Waals surface area contributed by atoms with Crippen molar-refractivity contribution in [2.45, 2.75) is 37.3 Å². The number of ether oxygens (including phenoxy) is 2. The maximum absolute atomic E-state index is 11.6. The fourth-order valence-corrected chi connectivity index (χ4v) is 3.29. The summed E-state index contributed by atoms with van der Waals surface area (Å²) in [5.74, 6) is -2.75. The average Bonchev–Trinajstić information content (AvgIpc) is 2.65. The van der Waals surface area contributed by atoms with Gasteiger partial charge in [0.25, 0.3) is 0 Å². The fraction of sp³-hybridized carbons (Fsp3) is 0.632. The number of alkyl halides is 3. The number of carbonyl (C=O) groups excluding carboxylic acids is 1. The normalized spacial score (nSPS) is 20.6.